The van der Waals surface area contributed by atoms with Gasteiger partial charge < -0.3 is 19.9 Å². The number of allylic oxidation sites excluding steroid dienone is 1. The van der Waals surface area contributed by atoms with E-state index in [1.165, 1.54) is 11.8 Å². The number of fused-ring (bicyclic) bond motifs is 1. The van der Waals surface area contributed by atoms with Crippen molar-refractivity contribution in [2.75, 3.05) is 18.2 Å². The van der Waals surface area contributed by atoms with Crippen LogP contribution in [0.4, 0.5) is 5.69 Å². The number of methoxy groups -OCH3 is 1. The van der Waals surface area contributed by atoms with Crippen molar-refractivity contribution in [1.82, 2.24) is 20.1 Å². The van der Waals surface area contributed by atoms with E-state index in [0.717, 1.165) is 16.5 Å². The molecule has 1 atom stereocenters. The lowest BCUT2D eigenvalue weighted by molar-refractivity contribution is -0.113. The van der Waals surface area contributed by atoms with Gasteiger partial charge in [-0.05, 0) is 53.1 Å². The van der Waals surface area contributed by atoms with Gasteiger partial charge in [-0.2, -0.15) is 0 Å². The molecule has 0 fully saturated rings. The normalized spacial score (nSPS) is 11.8. The standard InChI is InChI=1S/C29H31N5O3S/c1-5-16-34-27(26(19(2)3)31-28(36)21-11-14-24(37-4)15-12-21)32-33-29(34)38-18-25(35)30-23-13-10-20-8-6-7-9-22(20)17-23/h5-15,17,19,26H,1,16,18H2,2-4H3,(H,30,35)(H,31,36)/t26-/m0/s1. The van der Waals surface area contributed by atoms with Crippen LogP contribution in [0.1, 0.15) is 36.1 Å². The first-order valence-corrected chi connectivity index (χ1v) is 13.3. The van der Waals surface area contributed by atoms with Crippen LogP contribution in [0, 0.1) is 5.92 Å². The van der Waals surface area contributed by atoms with E-state index in [2.05, 4.69) is 27.4 Å². The summed E-state index contributed by atoms with van der Waals surface area (Å²) in [6, 6.07) is 20.4. The first-order valence-electron chi connectivity index (χ1n) is 12.3. The minimum atomic E-state index is -0.391. The van der Waals surface area contributed by atoms with Gasteiger partial charge in [0.2, 0.25) is 5.91 Å². The highest BCUT2D eigenvalue weighted by Crippen LogP contribution is 2.26. The Morgan fingerprint density at radius 2 is 1.79 bits per heavy atom. The molecule has 1 heterocycles. The van der Waals surface area contributed by atoms with Crippen molar-refractivity contribution in [3.8, 4) is 5.75 Å². The topological polar surface area (TPSA) is 98.1 Å². The Balaban J connectivity index is 1.46. The molecule has 4 aromatic rings. The molecule has 0 radical (unpaired) electrons. The van der Waals surface area contributed by atoms with E-state index in [0.29, 0.717) is 28.8 Å². The Labute approximate surface area is 226 Å². The summed E-state index contributed by atoms with van der Waals surface area (Å²) in [7, 11) is 1.58. The molecule has 0 aliphatic carbocycles. The molecule has 0 aliphatic heterocycles. The summed E-state index contributed by atoms with van der Waals surface area (Å²) in [6.07, 6.45) is 1.74. The van der Waals surface area contributed by atoms with Gasteiger partial charge in [0.25, 0.3) is 5.91 Å². The number of amides is 2. The Morgan fingerprint density at radius 3 is 2.47 bits per heavy atom. The average molecular weight is 530 g/mol. The highest BCUT2D eigenvalue weighted by atomic mass is 32.2. The van der Waals surface area contributed by atoms with Crippen molar-refractivity contribution >= 4 is 40.0 Å². The van der Waals surface area contributed by atoms with Crippen LogP contribution in [0.2, 0.25) is 0 Å². The zero-order valence-electron chi connectivity index (χ0n) is 21.7. The van der Waals surface area contributed by atoms with Crippen LogP contribution in [-0.4, -0.2) is 39.4 Å². The fourth-order valence-corrected chi connectivity index (χ4v) is 4.78. The second-order valence-electron chi connectivity index (χ2n) is 9.06. The highest BCUT2D eigenvalue weighted by Gasteiger charge is 2.26. The number of carbonyl (C=O) groups excluding carboxylic acids is 2. The summed E-state index contributed by atoms with van der Waals surface area (Å²) in [6.45, 7) is 8.32. The SMILES string of the molecule is C=CCn1c(SCC(=O)Nc2ccc3ccccc3c2)nnc1[C@@H](NC(=O)c1ccc(OC)cc1)C(C)C. The van der Waals surface area contributed by atoms with Crippen LogP contribution in [0.15, 0.2) is 84.5 Å². The number of nitrogens with one attached hydrogen (secondary N) is 2. The molecular formula is C29H31N5O3S. The van der Waals surface area contributed by atoms with Gasteiger partial charge in [-0.1, -0.05) is 62.0 Å². The van der Waals surface area contributed by atoms with Crippen LogP contribution >= 0.6 is 11.8 Å². The number of thioether (sulfide) groups is 1. The maximum atomic E-state index is 13.0. The number of carbonyl (C=O) groups is 2. The maximum Gasteiger partial charge on any atom is 0.251 e. The third-order valence-corrected chi connectivity index (χ3v) is 6.97. The molecule has 38 heavy (non-hydrogen) atoms. The van der Waals surface area contributed by atoms with E-state index in [1.807, 2.05) is 60.9 Å². The van der Waals surface area contributed by atoms with Crippen LogP contribution < -0.4 is 15.4 Å². The number of ether oxygens (including phenoxy) is 1. The van der Waals surface area contributed by atoms with E-state index in [9.17, 15) is 9.59 Å². The Hall–Kier alpha value is -4.11. The Morgan fingerprint density at radius 1 is 1.05 bits per heavy atom. The number of hydrogen-bond donors (Lipinski definition) is 2. The molecule has 3 aromatic carbocycles. The number of hydrogen-bond acceptors (Lipinski definition) is 6. The van der Waals surface area contributed by atoms with Crippen molar-refractivity contribution in [3.63, 3.8) is 0 Å². The summed E-state index contributed by atoms with van der Waals surface area (Å²) in [5.41, 5.74) is 1.26. The number of nitrogens with zero attached hydrogens (tertiary/aromatic N) is 3. The predicted molar refractivity (Wildman–Crippen MR) is 152 cm³/mol. The molecule has 0 saturated carbocycles. The summed E-state index contributed by atoms with van der Waals surface area (Å²) >= 11 is 1.29. The van der Waals surface area contributed by atoms with Gasteiger partial charge in [-0.25, -0.2) is 0 Å². The molecule has 0 spiro atoms. The molecule has 8 nitrogen and oxygen atoms in total. The van der Waals surface area contributed by atoms with Gasteiger partial charge >= 0.3 is 0 Å². The van der Waals surface area contributed by atoms with Gasteiger partial charge in [-0.15, -0.1) is 16.8 Å². The van der Waals surface area contributed by atoms with Crippen molar-refractivity contribution < 1.29 is 14.3 Å². The second kappa shape index (κ2) is 12.4. The summed E-state index contributed by atoms with van der Waals surface area (Å²) in [4.78, 5) is 25.7. The molecule has 0 aliphatic rings. The largest absolute Gasteiger partial charge is 0.497 e. The molecule has 2 N–H and O–H groups in total. The quantitative estimate of drug-likeness (QED) is 0.197. The van der Waals surface area contributed by atoms with E-state index in [-0.39, 0.29) is 23.5 Å². The number of aromatic nitrogens is 3. The van der Waals surface area contributed by atoms with E-state index in [1.54, 1.807) is 37.5 Å². The lowest BCUT2D eigenvalue weighted by atomic mass is 10.0. The molecule has 2 amide bonds. The third-order valence-electron chi connectivity index (χ3n) is 6.01. The molecule has 0 saturated heterocycles. The third kappa shape index (κ3) is 6.41. The fourth-order valence-electron chi connectivity index (χ4n) is 4.03. The molecular weight excluding hydrogens is 498 g/mol. The van der Waals surface area contributed by atoms with Crippen molar-refractivity contribution in [1.29, 1.82) is 0 Å². The molecule has 9 heteroatoms. The lowest BCUT2D eigenvalue weighted by Gasteiger charge is -2.22. The zero-order valence-corrected chi connectivity index (χ0v) is 22.5. The molecule has 0 unspecified atom stereocenters. The highest BCUT2D eigenvalue weighted by molar-refractivity contribution is 7.99. The fraction of sp³-hybridized carbons (Fsp3) is 0.241. The molecule has 196 valence electrons. The molecule has 0 bridgehead atoms. The minimum Gasteiger partial charge on any atom is -0.497 e. The van der Waals surface area contributed by atoms with Crippen molar-refractivity contribution in [2.45, 2.75) is 31.6 Å². The minimum absolute atomic E-state index is 0.0408. The summed E-state index contributed by atoms with van der Waals surface area (Å²) in [5.74, 6) is 1.13. The average Bonchev–Trinajstić information content (AvgIpc) is 3.32. The molecule has 1 aromatic heterocycles. The first kappa shape index (κ1) is 26.9. The first-order chi connectivity index (χ1) is 18.4. The smallest absolute Gasteiger partial charge is 0.251 e. The number of anilines is 1. The zero-order chi connectivity index (χ0) is 27.1. The van der Waals surface area contributed by atoms with Crippen LogP contribution in [-0.2, 0) is 11.3 Å². The van der Waals surface area contributed by atoms with Gasteiger partial charge in [0.05, 0.1) is 18.9 Å². The van der Waals surface area contributed by atoms with E-state index in [4.69, 9.17) is 4.74 Å². The van der Waals surface area contributed by atoms with Crippen LogP contribution in [0.5, 0.6) is 5.75 Å². The number of benzene rings is 3. The van der Waals surface area contributed by atoms with Gasteiger partial charge in [-0.3, -0.25) is 9.59 Å². The van der Waals surface area contributed by atoms with Crippen LogP contribution in [0.3, 0.4) is 0 Å². The maximum absolute atomic E-state index is 13.0. The van der Waals surface area contributed by atoms with Crippen LogP contribution in [0.25, 0.3) is 10.8 Å². The van der Waals surface area contributed by atoms with Gasteiger partial charge in [0.15, 0.2) is 11.0 Å². The van der Waals surface area contributed by atoms with Crippen molar-refractivity contribution in [3.05, 3.63) is 90.8 Å². The van der Waals surface area contributed by atoms with Crippen molar-refractivity contribution in [2.24, 2.45) is 5.92 Å². The monoisotopic (exact) mass is 529 g/mol. The Kier molecular flexibility index (Phi) is 8.81. The molecule has 4 rings (SSSR count). The van der Waals surface area contributed by atoms with Gasteiger partial charge in [0.1, 0.15) is 5.75 Å². The van der Waals surface area contributed by atoms with Gasteiger partial charge in [0, 0.05) is 17.8 Å². The predicted octanol–water partition coefficient (Wildman–Crippen LogP) is 5.48. The lowest BCUT2D eigenvalue weighted by Crippen LogP contribution is -2.33. The Bertz CT molecular complexity index is 1430. The number of rotatable bonds is 11. The summed E-state index contributed by atoms with van der Waals surface area (Å²) in [5, 5.41) is 17.5. The second-order valence-corrected chi connectivity index (χ2v) is 10.0. The van der Waals surface area contributed by atoms with E-state index < -0.39 is 6.04 Å². The van der Waals surface area contributed by atoms with E-state index >= 15 is 0 Å². The summed E-state index contributed by atoms with van der Waals surface area (Å²) < 4.78 is 7.07.